The van der Waals surface area contributed by atoms with Gasteiger partial charge in [0, 0.05) is 37.7 Å². The Kier molecular flexibility index (Phi) is 4.65. The summed E-state index contributed by atoms with van der Waals surface area (Å²) in [5.41, 5.74) is 2.26. The summed E-state index contributed by atoms with van der Waals surface area (Å²) in [6.07, 6.45) is 2.17. The summed E-state index contributed by atoms with van der Waals surface area (Å²) in [6, 6.07) is 13.3. The number of carbonyl (C=O) groups excluding carboxylic acids is 3. The number of hydrogen-bond acceptors (Lipinski definition) is 4. The van der Waals surface area contributed by atoms with Crippen LogP contribution in [0.5, 0.6) is 0 Å². The van der Waals surface area contributed by atoms with Crippen LogP contribution in [0, 0.1) is 0 Å². The lowest BCUT2D eigenvalue weighted by molar-refractivity contribution is -0.138. The molecule has 0 unspecified atom stereocenters. The summed E-state index contributed by atoms with van der Waals surface area (Å²) in [5.74, 6) is -0.687. The van der Waals surface area contributed by atoms with Crippen molar-refractivity contribution in [3.63, 3.8) is 0 Å². The summed E-state index contributed by atoms with van der Waals surface area (Å²) in [5, 5.41) is 2.68. The SMILES string of the molecule is O=C(NCCN1C(=O)CCC1=O)c1ccc(-c2ccccc2)cn1. The van der Waals surface area contributed by atoms with Crippen molar-refractivity contribution >= 4 is 17.7 Å². The number of amides is 3. The van der Waals surface area contributed by atoms with Crippen LogP contribution in [0.15, 0.2) is 48.7 Å². The van der Waals surface area contributed by atoms with Crippen molar-refractivity contribution in [2.75, 3.05) is 13.1 Å². The first-order valence-corrected chi connectivity index (χ1v) is 7.78. The molecule has 0 radical (unpaired) electrons. The van der Waals surface area contributed by atoms with Gasteiger partial charge in [0.2, 0.25) is 11.8 Å². The van der Waals surface area contributed by atoms with Gasteiger partial charge in [0.15, 0.2) is 0 Å². The Morgan fingerprint density at radius 1 is 1.00 bits per heavy atom. The van der Waals surface area contributed by atoms with Gasteiger partial charge in [0.05, 0.1) is 0 Å². The van der Waals surface area contributed by atoms with Gasteiger partial charge in [-0.05, 0) is 11.6 Å². The minimum absolute atomic E-state index is 0.181. The van der Waals surface area contributed by atoms with Crippen LogP contribution in [-0.2, 0) is 9.59 Å². The Balaban J connectivity index is 1.56. The van der Waals surface area contributed by atoms with Crippen LogP contribution in [0.3, 0.4) is 0 Å². The van der Waals surface area contributed by atoms with Crippen LogP contribution < -0.4 is 5.32 Å². The molecular formula is C18H17N3O3. The third kappa shape index (κ3) is 3.48. The maximum Gasteiger partial charge on any atom is 0.269 e. The van der Waals surface area contributed by atoms with E-state index in [1.54, 1.807) is 12.3 Å². The van der Waals surface area contributed by atoms with E-state index >= 15 is 0 Å². The maximum absolute atomic E-state index is 12.1. The lowest BCUT2D eigenvalue weighted by Gasteiger charge is -2.13. The molecule has 0 atom stereocenters. The third-order valence-corrected chi connectivity index (χ3v) is 3.88. The Labute approximate surface area is 139 Å². The van der Waals surface area contributed by atoms with Crippen molar-refractivity contribution in [1.82, 2.24) is 15.2 Å². The van der Waals surface area contributed by atoms with Gasteiger partial charge in [-0.25, -0.2) is 0 Å². The Bertz CT molecular complexity index is 741. The van der Waals surface area contributed by atoms with E-state index in [4.69, 9.17) is 0 Å². The lowest BCUT2D eigenvalue weighted by atomic mass is 10.1. The molecule has 1 N–H and O–H groups in total. The standard InChI is InChI=1S/C18H17N3O3/c22-16-8-9-17(23)21(16)11-10-19-18(24)15-7-6-14(12-20-15)13-4-2-1-3-5-13/h1-7,12H,8-11H2,(H,19,24). The van der Waals surface area contributed by atoms with Gasteiger partial charge in [-0.1, -0.05) is 36.4 Å². The minimum atomic E-state index is -0.325. The summed E-state index contributed by atoms with van der Waals surface area (Å²) in [4.78, 5) is 40.4. The van der Waals surface area contributed by atoms with Gasteiger partial charge < -0.3 is 5.32 Å². The van der Waals surface area contributed by atoms with Crippen molar-refractivity contribution in [3.05, 3.63) is 54.4 Å². The first-order chi connectivity index (χ1) is 11.6. The van der Waals surface area contributed by atoms with E-state index in [1.807, 2.05) is 36.4 Å². The number of imide groups is 1. The molecule has 1 aliphatic rings. The zero-order chi connectivity index (χ0) is 16.9. The number of likely N-dealkylation sites (tertiary alicyclic amines) is 1. The van der Waals surface area contributed by atoms with E-state index in [0.29, 0.717) is 5.69 Å². The molecular weight excluding hydrogens is 306 g/mol. The van der Waals surface area contributed by atoms with Crippen LogP contribution in [0.25, 0.3) is 11.1 Å². The number of nitrogens with zero attached hydrogens (tertiary/aromatic N) is 2. The molecule has 0 aliphatic carbocycles. The summed E-state index contributed by atoms with van der Waals surface area (Å²) < 4.78 is 0. The van der Waals surface area contributed by atoms with Crippen LogP contribution in [0.4, 0.5) is 0 Å². The highest BCUT2D eigenvalue weighted by molar-refractivity contribution is 6.02. The Morgan fingerprint density at radius 3 is 2.33 bits per heavy atom. The fourth-order valence-corrected chi connectivity index (χ4v) is 2.57. The second-order valence-corrected chi connectivity index (χ2v) is 5.49. The van der Waals surface area contributed by atoms with Crippen LogP contribution in [0.1, 0.15) is 23.3 Å². The topological polar surface area (TPSA) is 79.4 Å². The highest BCUT2D eigenvalue weighted by atomic mass is 16.2. The van der Waals surface area contributed by atoms with Crippen molar-refractivity contribution in [3.8, 4) is 11.1 Å². The van der Waals surface area contributed by atoms with Crippen molar-refractivity contribution in [2.24, 2.45) is 0 Å². The smallest absolute Gasteiger partial charge is 0.269 e. The zero-order valence-corrected chi connectivity index (χ0v) is 13.1. The van der Waals surface area contributed by atoms with Crippen molar-refractivity contribution < 1.29 is 14.4 Å². The number of pyridine rings is 1. The number of carbonyl (C=O) groups is 3. The Morgan fingerprint density at radius 2 is 1.71 bits per heavy atom. The minimum Gasteiger partial charge on any atom is -0.349 e. The van der Waals surface area contributed by atoms with Gasteiger partial charge in [0.25, 0.3) is 5.91 Å². The van der Waals surface area contributed by atoms with E-state index in [2.05, 4.69) is 10.3 Å². The van der Waals surface area contributed by atoms with Gasteiger partial charge >= 0.3 is 0 Å². The monoisotopic (exact) mass is 323 g/mol. The predicted octanol–water partition coefficient (Wildman–Crippen LogP) is 1.63. The molecule has 1 aliphatic heterocycles. The maximum atomic E-state index is 12.1. The molecule has 6 nitrogen and oxygen atoms in total. The average molecular weight is 323 g/mol. The fourth-order valence-electron chi connectivity index (χ4n) is 2.57. The van der Waals surface area contributed by atoms with Crippen LogP contribution in [-0.4, -0.2) is 40.7 Å². The number of nitrogens with one attached hydrogen (secondary N) is 1. The van der Waals surface area contributed by atoms with E-state index in [-0.39, 0.29) is 43.7 Å². The van der Waals surface area contributed by atoms with E-state index in [9.17, 15) is 14.4 Å². The molecule has 1 aromatic heterocycles. The largest absolute Gasteiger partial charge is 0.349 e. The van der Waals surface area contributed by atoms with Crippen molar-refractivity contribution in [1.29, 1.82) is 0 Å². The normalized spacial score (nSPS) is 14.1. The summed E-state index contributed by atoms with van der Waals surface area (Å²) in [6.45, 7) is 0.421. The molecule has 3 rings (SSSR count). The second kappa shape index (κ2) is 7.04. The van der Waals surface area contributed by atoms with Crippen LogP contribution >= 0.6 is 0 Å². The van der Waals surface area contributed by atoms with Gasteiger partial charge in [-0.15, -0.1) is 0 Å². The predicted molar refractivity (Wildman–Crippen MR) is 88.0 cm³/mol. The lowest BCUT2D eigenvalue weighted by Crippen LogP contribution is -2.37. The van der Waals surface area contributed by atoms with E-state index in [1.165, 1.54) is 4.90 Å². The number of rotatable bonds is 5. The van der Waals surface area contributed by atoms with Crippen molar-refractivity contribution in [2.45, 2.75) is 12.8 Å². The molecule has 24 heavy (non-hydrogen) atoms. The van der Waals surface area contributed by atoms with E-state index < -0.39 is 0 Å². The number of hydrogen-bond donors (Lipinski definition) is 1. The van der Waals surface area contributed by atoms with Gasteiger partial charge in [-0.2, -0.15) is 0 Å². The molecule has 2 aromatic rings. The molecule has 0 bridgehead atoms. The summed E-state index contributed by atoms with van der Waals surface area (Å²) in [7, 11) is 0. The Hall–Kier alpha value is -3.02. The molecule has 0 saturated carbocycles. The highest BCUT2D eigenvalue weighted by Crippen LogP contribution is 2.17. The molecule has 0 spiro atoms. The zero-order valence-electron chi connectivity index (χ0n) is 13.1. The average Bonchev–Trinajstić information content (AvgIpc) is 2.94. The fraction of sp³-hybridized carbons (Fsp3) is 0.222. The summed E-state index contributed by atoms with van der Waals surface area (Å²) >= 11 is 0. The molecule has 3 amide bonds. The first kappa shape index (κ1) is 15.9. The molecule has 1 fully saturated rings. The molecule has 122 valence electrons. The third-order valence-electron chi connectivity index (χ3n) is 3.88. The number of benzene rings is 1. The highest BCUT2D eigenvalue weighted by Gasteiger charge is 2.28. The quantitative estimate of drug-likeness (QED) is 0.848. The second-order valence-electron chi connectivity index (χ2n) is 5.49. The van der Waals surface area contributed by atoms with E-state index in [0.717, 1.165) is 11.1 Å². The van der Waals surface area contributed by atoms with Gasteiger partial charge in [0.1, 0.15) is 5.69 Å². The van der Waals surface area contributed by atoms with Gasteiger partial charge in [-0.3, -0.25) is 24.3 Å². The molecule has 2 heterocycles. The number of aromatic nitrogens is 1. The van der Waals surface area contributed by atoms with Crippen LogP contribution in [0.2, 0.25) is 0 Å². The molecule has 6 heteroatoms. The molecule has 1 aromatic carbocycles. The first-order valence-electron chi connectivity index (χ1n) is 7.78. The molecule has 1 saturated heterocycles.